The van der Waals surface area contributed by atoms with Gasteiger partial charge in [-0.15, -0.1) is 0 Å². The van der Waals surface area contributed by atoms with Crippen LogP contribution in [0.25, 0.3) is 0 Å². The topological polar surface area (TPSA) is 35.8 Å². The van der Waals surface area contributed by atoms with Gasteiger partial charge in [0.05, 0.1) is 12.5 Å². The molecule has 0 fully saturated rings. The van der Waals surface area contributed by atoms with E-state index in [4.69, 9.17) is 5.26 Å². The molecule has 0 bridgehead atoms. The van der Waals surface area contributed by atoms with E-state index in [9.17, 15) is 0 Å². The van der Waals surface area contributed by atoms with Crippen LogP contribution >= 0.6 is 0 Å². The molecule has 0 aromatic rings. The van der Waals surface area contributed by atoms with E-state index in [-0.39, 0.29) is 0 Å². The molecule has 1 unspecified atom stereocenters. The first-order chi connectivity index (χ1) is 9.35. The van der Waals surface area contributed by atoms with E-state index >= 15 is 0 Å². The second-order valence-corrected chi connectivity index (χ2v) is 5.60. The van der Waals surface area contributed by atoms with Crippen molar-refractivity contribution >= 4 is 0 Å². The quantitative estimate of drug-likeness (QED) is 0.439. The zero-order valence-electron chi connectivity index (χ0n) is 13.2. The molecule has 0 spiro atoms. The fourth-order valence-electron chi connectivity index (χ4n) is 2.39. The van der Waals surface area contributed by atoms with Crippen molar-refractivity contribution < 1.29 is 0 Å². The monoisotopic (exact) mass is 266 g/mol. The maximum atomic E-state index is 8.65. The van der Waals surface area contributed by atoms with E-state index in [0.29, 0.717) is 12.5 Å². The van der Waals surface area contributed by atoms with E-state index < -0.39 is 0 Å². The molecule has 0 aromatic carbocycles. The van der Waals surface area contributed by atoms with Crippen LogP contribution < -0.4 is 5.32 Å². The van der Waals surface area contributed by atoms with E-state index in [1.54, 1.807) is 0 Å². The Kier molecular flexibility index (Phi) is 15.1. The molecule has 0 rings (SSSR count). The lowest BCUT2D eigenvalue weighted by Gasteiger charge is -2.12. The molecule has 112 valence electrons. The molecule has 0 amide bonds. The number of rotatable bonds is 14. The Balaban J connectivity index is 3.12. The molecule has 0 aliphatic carbocycles. The summed E-state index contributed by atoms with van der Waals surface area (Å²) < 4.78 is 0. The summed E-state index contributed by atoms with van der Waals surface area (Å²) in [5, 5.41) is 12.1. The molecular formula is C17H34N2. The number of hydrogen-bond donors (Lipinski definition) is 1. The lowest BCUT2D eigenvalue weighted by Crippen LogP contribution is -2.28. The Hall–Kier alpha value is -0.550. The minimum Gasteiger partial charge on any atom is -0.313 e. The van der Waals surface area contributed by atoms with Crippen LogP contribution in [0.4, 0.5) is 0 Å². The summed E-state index contributed by atoms with van der Waals surface area (Å²) in [6, 6.07) is 2.65. The zero-order chi connectivity index (χ0) is 14.2. The highest BCUT2D eigenvalue weighted by atomic mass is 14.9. The van der Waals surface area contributed by atoms with Gasteiger partial charge in [0, 0.05) is 6.04 Å². The van der Waals surface area contributed by atoms with E-state index in [1.165, 1.54) is 64.2 Å². The van der Waals surface area contributed by atoms with Crippen molar-refractivity contribution in [2.45, 2.75) is 96.9 Å². The zero-order valence-corrected chi connectivity index (χ0v) is 13.2. The van der Waals surface area contributed by atoms with Crippen molar-refractivity contribution in [1.29, 1.82) is 5.26 Å². The van der Waals surface area contributed by atoms with Crippen LogP contribution in [0.3, 0.4) is 0 Å². The Morgan fingerprint density at radius 2 is 1.37 bits per heavy atom. The van der Waals surface area contributed by atoms with Gasteiger partial charge in [0.1, 0.15) is 0 Å². The average Bonchev–Trinajstić information content (AvgIpc) is 2.43. The molecule has 0 aliphatic rings. The average molecular weight is 266 g/mol. The highest BCUT2D eigenvalue weighted by Crippen LogP contribution is 2.10. The molecule has 2 nitrogen and oxygen atoms in total. The van der Waals surface area contributed by atoms with Gasteiger partial charge < -0.3 is 5.32 Å². The molecule has 0 saturated carbocycles. The number of nitriles is 1. The van der Waals surface area contributed by atoms with Gasteiger partial charge in [-0.2, -0.15) is 5.26 Å². The van der Waals surface area contributed by atoms with Gasteiger partial charge in [-0.3, -0.25) is 0 Å². The summed E-state index contributed by atoms with van der Waals surface area (Å²) in [4.78, 5) is 0. The lowest BCUT2D eigenvalue weighted by atomic mass is 10.1. The second-order valence-electron chi connectivity index (χ2n) is 5.60. The summed E-state index contributed by atoms with van der Waals surface area (Å²) in [6.07, 6.45) is 15.6. The van der Waals surface area contributed by atoms with Gasteiger partial charge in [0.25, 0.3) is 0 Å². The van der Waals surface area contributed by atoms with Gasteiger partial charge >= 0.3 is 0 Å². The maximum absolute atomic E-state index is 8.65. The predicted molar refractivity (Wildman–Crippen MR) is 84.2 cm³/mol. The fourth-order valence-corrected chi connectivity index (χ4v) is 2.39. The third kappa shape index (κ3) is 13.7. The molecule has 0 radical (unpaired) electrons. The molecule has 0 saturated heterocycles. The van der Waals surface area contributed by atoms with Crippen molar-refractivity contribution in [3.63, 3.8) is 0 Å². The molecule has 0 aromatic heterocycles. The van der Waals surface area contributed by atoms with Crippen LogP contribution in [0.15, 0.2) is 0 Å². The standard InChI is InChI=1S/C17H34N2/c1-3-5-6-7-8-9-10-11-12-13-16-19-17(4-2)14-15-18/h17,19H,3-14,16H2,1-2H3. The first kappa shape index (κ1) is 18.4. The first-order valence-corrected chi connectivity index (χ1v) is 8.45. The van der Waals surface area contributed by atoms with Gasteiger partial charge in [-0.1, -0.05) is 71.6 Å². The maximum Gasteiger partial charge on any atom is 0.0638 e. The SMILES string of the molecule is CCCCCCCCCCCCNC(CC)CC#N. The van der Waals surface area contributed by atoms with E-state index in [1.807, 2.05) is 0 Å². The Labute approximate surface area is 121 Å². The second kappa shape index (κ2) is 15.5. The normalized spacial score (nSPS) is 12.3. The molecule has 0 heterocycles. The molecule has 0 aliphatic heterocycles. The van der Waals surface area contributed by atoms with Gasteiger partial charge in [-0.25, -0.2) is 0 Å². The van der Waals surface area contributed by atoms with Crippen LogP contribution in [-0.4, -0.2) is 12.6 Å². The number of hydrogen-bond acceptors (Lipinski definition) is 2. The van der Waals surface area contributed by atoms with Crippen LogP contribution in [0.5, 0.6) is 0 Å². The van der Waals surface area contributed by atoms with Crippen molar-refractivity contribution in [1.82, 2.24) is 5.32 Å². The van der Waals surface area contributed by atoms with Gasteiger partial charge in [0.2, 0.25) is 0 Å². The third-order valence-electron chi connectivity index (χ3n) is 3.79. The van der Waals surface area contributed by atoms with Crippen LogP contribution in [-0.2, 0) is 0 Å². The highest BCUT2D eigenvalue weighted by molar-refractivity contribution is 4.79. The molecule has 19 heavy (non-hydrogen) atoms. The Morgan fingerprint density at radius 3 is 1.84 bits per heavy atom. The van der Waals surface area contributed by atoms with Crippen LogP contribution in [0.2, 0.25) is 0 Å². The fraction of sp³-hybridized carbons (Fsp3) is 0.941. The first-order valence-electron chi connectivity index (χ1n) is 8.45. The number of nitrogens with zero attached hydrogens (tertiary/aromatic N) is 1. The van der Waals surface area contributed by atoms with Crippen molar-refractivity contribution in [2.75, 3.05) is 6.54 Å². The largest absolute Gasteiger partial charge is 0.313 e. The summed E-state index contributed by atoms with van der Waals surface area (Å²) in [6.45, 7) is 5.50. The summed E-state index contributed by atoms with van der Waals surface area (Å²) >= 11 is 0. The van der Waals surface area contributed by atoms with Crippen LogP contribution in [0, 0.1) is 11.3 Å². The van der Waals surface area contributed by atoms with E-state index in [0.717, 1.165) is 13.0 Å². The summed E-state index contributed by atoms with van der Waals surface area (Å²) in [5.74, 6) is 0. The van der Waals surface area contributed by atoms with E-state index in [2.05, 4.69) is 25.2 Å². The number of nitrogens with one attached hydrogen (secondary N) is 1. The summed E-state index contributed by atoms with van der Waals surface area (Å²) in [7, 11) is 0. The Morgan fingerprint density at radius 1 is 0.842 bits per heavy atom. The van der Waals surface area contributed by atoms with Crippen molar-refractivity contribution in [3.05, 3.63) is 0 Å². The molecule has 1 N–H and O–H groups in total. The van der Waals surface area contributed by atoms with Gasteiger partial charge in [-0.05, 0) is 19.4 Å². The minimum absolute atomic E-state index is 0.406. The van der Waals surface area contributed by atoms with Crippen molar-refractivity contribution in [2.24, 2.45) is 0 Å². The summed E-state index contributed by atoms with van der Waals surface area (Å²) in [5.41, 5.74) is 0. The molecule has 1 atom stereocenters. The molecular weight excluding hydrogens is 232 g/mol. The molecule has 2 heteroatoms. The van der Waals surface area contributed by atoms with Gasteiger partial charge in [0.15, 0.2) is 0 Å². The number of unbranched alkanes of at least 4 members (excludes halogenated alkanes) is 9. The smallest absolute Gasteiger partial charge is 0.0638 e. The lowest BCUT2D eigenvalue weighted by molar-refractivity contribution is 0.481. The minimum atomic E-state index is 0.406. The predicted octanol–water partition coefficient (Wildman–Crippen LogP) is 5.19. The van der Waals surface area contributed by atoms with Crippen LogP contribution in [0.1, 0.15) is 90.9 Å². The third-order valence-corrected chi connectivity index (χ3v) is 3.79. The van der Waals surface area contributed by atoms with Crippen molar-refractivity contribution in [3.8, 4) is 6.07 Å². The Bertz CT molecular complexity index is 208. The highest BCUT2D eigenvalue weighted by Gasteiger charge is 2.03.